The summed E-state index contributed by atoms with van der Waals surface area (Å²) in [5.41, 5.74) is 0. The van der Waals surface area contributed by atoms with Crippen LogP contribution in [0.3, 0.4) is 0 Å². The van der Waals surface area contributed by atoms with Crippen molar-refractivity contribution in [1.82, 2.24) is 5.32 Å². The molecule has 11 heteroatoms. The molecule has 1 aliphatic heterocycles. The SMILES string of the molecule is CC/C=C/C=C/C=C\C=C/C=C/CCCC(=O)OC1C(OCC(NC(=O)C(O)CCCCCC/C=C\C/C=C\C/C=C\C/C=C\CCCCC)C(O)/C=C/CCCCCCCCCCCCC)OC(CO)C(O)C1O. The normalized spacial score (nSPS) is 20.1. The van der Waals surface area contributed by atoms with E-state index in [-0.39, 0.29) is 19.4 Å². The summed E-state index contributed by atoms with van der Waals surface area (Å²) in [5.74, 6) is -1.30. The minimum atomic E-state index is -1.65. The molecule has 75 heavy (non-hydrogen) atoms. The van der Waals surface area contributed by atoms with Crippen LogP contribution in [0.25, 0.3) is 0 Å². The second kappa shape index (κ2) is 50.9. The van der Waals surface area contributed by atoms with Crippen LogP contribution in [0.5, 0.6) is 0 Å². The summed E-state index contributed by atoms with van der Waals surface area (Å²) in [4.78, 5) is 26.4. The van der Waals surface area contributed by atoms with Gasteiger partial charge in [-0.05, 0) is 83.5 Å². The number of rotatable bonds is 47. The quantitative estimate of drug-likeness (QED) is 0.0149. The van der Waals surface area contributed by atoms with E-state index in [1.54, 1.807) is 6.08 Å². The number of carbonyl (C=O) groups is 2. The highest BCUT2D eigenvalue weighted by atomic mass is 16.7. The van der Waals surface area contributed by atoms with E-state index in [0.717, 1.165) is 77.0 Å². The van der Waals surface area contributed by atoms with Gasteiger partial charge in [-0.25, -0.2) is 0 Å². The van der Waals surface area contributed by atoms with Crippen molar-refractivity contribution in [2.45, 2.75) is 256 Å². The Bertz CT molecular complexity index is 1680. The third-order valence-corrected chi connectivity index (χ3v) is 13.0. The van der Waals surface area contributed by atoms with Crippen LogP contribution in [0.4, 0.5) is 0 Å². The molecule has 0 aromatic carbocycles. The molecule has 1 amide bonds. The number of nitrogens with one attached hydrogen (secondary N) is 1. The lowest BCUT2D eigenvalue weighted by molar-refractivity contribution is -0.305. The number of esters is 1. The number of hydrogen-bond acceptors (Lipinski definition) is 10. The Kier molecular flexibility index (Phi) is 46.8. The van der Waals surface area contributed by atoms with Crippen molar-refractivity contribution in [3.63, 3.8) is 0 Å². The lowest BCUT2D eigenvalue weighted by atomic mass is 9.99. The van der Waals surface area contributed by atoms with E-state index in [1.165, 1.54) is 77.0 Å². The van der Waals surface area contributed by atoms with Gasteiger partial charge in [-0.1, -0.05) is 239 Å². The van der Waals surface area contributed by atoms with Crippen LogP contribution in [0, 0.1) is 0 Å². The van der Waals surface area contributed by atoms with Gasteiger partial charge in [-0.3, -0.25) is 9.59 Å². The van der Waals surface area contributed by atoms with Crippen molar-refractivity contribution in [3.8, 4) is 0 Å². The fourth-order valence-electron chi connectivity index (χ4n) is 8.31. The first-order valence-electron chi connectivity index (χ1n) is 29.4. The molecule has 0 aromatic rings. The summed E-state index contributed by atoms with van der Waals surface area (Å²) >= 11 is 0. The molecule has 1 fully saturated rings. The maximum absolute atomic E-state index is 13.4. The predicted molar refractivity (Wildman–Crippen MR) is 310 cm³/mol. The van der Waals surface area contributed by atoms with Crippen LogP contribution in [0.2, 0.25) is 0 Å². The Balaban J connectivity index is 2.78. The predicted octanol–water partition coefficient (Wildman–Crippen LogP) is 13.5. The average molecular weight is 1050 g/mol. The zero-order chi connectivity index (χ0) is 54.7. The Hall–Kier alpha value is -3.94. The molecule has 1 saturated heterocycles. The van der Waals surface area contributed by atoms with Crippen molar-refractivity contribution in [1.29, 1.82) is 0 Å². The summed E-state index contributed by atoms with van der Waals surface area (Å²) in [7, 11) is 0. The van der Waals surface area contributed by atoms with Gasteiger partial charge in [-0.15, -0.1) is 0 Å². The molecule has 1 aliphatic rings. The van der Waals surface area contributed by atoms with Crippen LogP contribution >= 0.6 is 0 Å². The first-order valence-corrected chi connectivity index (χ1v) is 29.4. The third-order valence-electron chi connectivity index (χ3n) is 13.0. The van der Waals surface area contributed by atoms with Crippen molar-refractivity contribution in [2.24, 2.45) is 0 Å². The number of aliphatic hydroxyl groups excluding tert-OH is 5. The van der Waals surface area contributed by atoms with Crippen molar-refractivity contribution in [3.05, 3.63) is 122 Å². The van der Waals surface area contributed by atoms with Gasteiger partial charge in [0.25, 0.3) is 0 Å². The van der Waals surface area contributed by atoms with E-state index in [9.17, 15) is 35.1 Å². The van der Waals surface area contributed by atoms with Crippen LogP contribution < -0.4 is 5.32 Å². The van der Waals surface area contributed by atoms with E-state index < -0.39 is 67.4 Å². The monoisotopic (exact) mass is 1050 g/mol. The van der Waals surface area contributed by atoms with E-state index >= 15 is 0 Å². The van der Waals surface area contributed by atoms with Gasteiger partial charge in [0.15, 0.2) is 12.4 Å². The van der Waals surface area contributed by atoms with E-state index in [0.29, 0.717) is 19.3 Å². The molecule has 11 nitrogen and oxygen atoms in total. The van der Waals surface area contributed by atoms with Crippen molar-refractivity contribution in [2.75, 3.05) is 13.2 Å². The maximum Gasteiger partial charge on any atom is 0.306 e. The zero-order valence-corrected chi connectivity index (χ0v) is 46.9. The summed E-state index contributed by atoms with van der Waals surface area (Å²) in [6, 6.07) is -1.06. The van der Waals surface area contributed by atoms with Crippen LogP contribution in [-0.2, 0) is 23.8 Å². The van der Waals surface area contributed by atoms with Gasteiger partial charge >= 0.3 is 5.97 Å². The molecule has 0 bridgehead atoms. The van der Waals surface area contributed by atoms with Gasteiger partial charge in [-0.2, -0.15) is 0 Å². The van der Waals surface area contributed by atoms with Crippen LogP contribution in [0.15, 0.2) is 122 Å². The Morgan fingerprint density at radius 3 is 1.57 bits per heavy atom. The number of aliphatic hydroxyl groups is 5. The fraction of sp³-hybridized carbons (Fsp3) is 0.656. The minimum Gasteiger partial charge on any atom is -0.454 e. The zero-order valence-electron chi connectivity index (χ0n) is 46.9. The number of ether oxygens (including phenoxy) is 3. The number of hydrogen-bond donors (Lipinski definition) is 6. The Morgan fingerprint density at radius 2 is 1.01 bits per heavy atom. The summed E-state index contributed by atoms with van der Waals surface area (Å²) in [6.07, 6.45) is 59.6. The van der Waals surface area contributed by atoms with Gasteiger partial charge in [0, 0.05) is 6.42 Å². The Labute approximate surface area is 455 Å². The van der Waals surface area contributed by atoms with Crippen LogP contribution in [-0.4, -0.2) is 99.6 Å². The highest BCUT2D eigenvalue weighted by molar-refractivity contribution is 5.80. The molecule has 8 atom stereocenters. The van der Waals surface area contributed by atoms with Gasteiger partial charge in [0.05, 0.1) is 25.4 Å². The number of unbranched alkanes of at least 4 members (excludes halogenated alkanes) is 19. The highest BCUT2D eigenvalue weighted by Gasteiger charge is 2.47. The second-order valence-electron chi connectivity index (χ2n) is 19.8. The van der Waals surface area contributed by atoms with Gasteiger partial charge in [0.1, 0.15) is 24.4 Å². The molecule has 0 saturated carbocycles. The Morgan fingerprint density at radius 1 is 0.547 bits per heavy atom. The summed E-state index contributed by atoms with van der Waals surface area (Å²) < 4.78 is 17.5. The van der Waals surface area contributed by atoms with Crippen LogP contribution in [0.1, 0.15) is 207 Å². The van der Waals surface area contributed by atoms with E-state index in [1.807, 2.05) is 60.8 Å². The standard InChI is InChI=1S/C64H105NO10/c1-4-7-10-13-16-19-22-25-26-27-28-29-30-31-34-36-39-42-45-48-51-57(68)63(72)65-55(56(67)50-47-44-41-38-35-32-23-20-17-14-11-8-5-2)54-73-64-62(61(71)60(70)58(53-66)74-64)75-59(69)52-49-46-43-40-37-33-24-21-18-15-12-9-6-3/h9,12,15-16,18-19,21,24-26,28-29,31,33-34,37,40,43,47,50,55-58,60-62,64,66-68,70-71H,4-8,10-11,13-14,17,20,22-23,27,30,32,35-36,38-39,41-42,44-46,48-49,51-54H2,1-3H3,(H,65,72)/b12-9+,18-15+,19-16-,24-21-,26-25-,29-28-,34-31-,37-33-,43-40+,50-47+. The smallest absolute Gasteiger partial charge is 0.306 e. The topological polar surface area (TPSA) is 175 Å². The number of allylic oxidation sites excluding steroid dienone is 19. The summed E-state index contributed by atoms with van der Waals surface area (Å²) in [5, 5.41) is 56.8. The second-order valence-corrected chi connectivity index (χ2v) is 19.8. The molecule has 1 heterocycles. The molecular weight excluding hydrogens is 943 g/mol. The molecular formula is C64H105NO10. The number of carbonyl (C=O) groups excluding carboxylic acids is 2. The largest absolute Gasteiger partial charge is 0.454 e. The average Bonchev–Trinajstić information content (AvgIpc) is 3.41. The molecule has 6 N–H and O–H groups in total. The first-order chi connectivity index (χ1) is 36.7. The molecule has 426 valence electrons. The highest BCUT2D eigenvalue weighted by Crippen LogP contribution is 2.26. The minimum absolute atomic E-state index is 0.0179. The van der Waals surface area contributed by atoms with E-state index in [4.69, 9.17) is 14.2 Å². The molecule has 0 aliphatic carbocycles. The van der Waals surface area contributed by atoms with Gasteiger partial charge in [0.2, 0.25) is 5.91 Å². The molecule has 0 radical (unpaired) electrons. The maximum atomic E-state index is 13.4. The lowest BCUT2D eigenvalue weighted by Crippen LogP contribution is -2.61. The third kappa shape index (κ3) is 39.1. The fourth-order valence-corrected chi connectivity index (χ4v) is 8.31. The summed E-state index contributed by atoms with van der Waals surface area (Å²) in [6.45, 7) is 5.54. The lowest BCUT2D eigenvalue weighted by Gasteiger charge is -2.41. The molecule has 0 aromatic heterocycles. The molecule has 8 unspecified atom stereocenters. The number of amides is 1. The van der Waals surface area contributed by atoms with Crippen molar-refractivity contribution >= 4 is 11.9 Å². The van der Waals surface area contributed by atoms with Gasteiger partial charge < -0.3 is 45.1 Å². The molecule has 0 spiro atoms. The first kappa shape index (κ1) is 69.1. The molecule has 1 rings (SSSR count). The van der Waals surface area contributed by atoms with E-state index in [2.05, 4.69) is 80.8 Å². The van der Waals surface area contributed by atoms with Crippen molar-refractivity contribution < 1.29 is 49.3 Å².